The third-order valence-electron chi connectivity index (χ3n) is 2.23. The second kappa shape index (κ2) is 4.63. The van der Waals surface area contributed by atoms with Crippen molar-refractivity contribution in [1.82, 2.24) is 19.5 Å². The van der Waals surface area contributed by atoms with Crippen molar-refractivity contribution in [2.45, 2.75) is 23.7 Å². The standard InChI is InChI=1S/C10H12N4OS/c1-7-9(12-4-3-11-7)16-10-13-5-8(6-15)14(10)2/h3-5,15H,6H2,1-2H3. The minimum absolute atomic E-state index is 0.0104. The van der Waals surface area contributed by atoms with Crippen LogP contribution in [-0.2, 0) is 13.7 Å². The fourth-order valence-corrected chi connectivity index (χ4v) is 2.10. The van der Waals surface area contributed by atoms with Crippen molar-refractivity contribution < 1.29 is 5.11 Å². The zero-order valence-corrected chi connectivity index (χ0v) is 9.90. The first-order valence-electron chi connectivity index (χ1n) is 4.79. The number of aryl methyl sites for hydroxylation is 1. The molecule has 0 atom stereocenters. The van der Waals surface area contributed by atoms with E-state index in [-0.39, 0.29) is 6.61 Å². The summed E-state index contributed by atoms with van der Waals surface area (Å²) in [5, 5.41) is 10.7. The minimum atomic E-state index is -0.0104. The van der Waals surface area contributed by atoms with Crippen molar-refractivity contribution in [1.29, 1.82) is 0 Å². The Balaban J connectivity index is 2.27. The Morgan fingerprint density at radius 1 is 1.31 bits per heavy atom. The van der Waals surface area contributed by atoms with Crippen LogP contribution >= 0.6 is 11.8 Å². The Kier molecular flexibility index (Phi) is 3.21. The van der Waals surface area contributed by atoms with Gasteiger partial charge in [-0.2, -0.15) is 0 Å². The highest BCUT2D eigenvalue weighted by Gasteiger charge is 2.09. The fraction of sp³-hybridized carbons (Fsp3) is 0.300. The molecule has 2 heterocycles. The highest BCUT2D eigenvalue weighted by Crippen LogP contribution is 2.26. The fourth-order valence-electron chi connectivity index (χ4n) is 1.25. The van der Waals surface area contributed by atoms with Gasteiger partial charge in [0.2, 0.25) is 0 Å². The maximum absolute atomic E-state index is 9.05. The summed E-state index contributed by atoms with van der Waals surface area (Å²) < 4.78 is 1.85. The first-order valence-corrected chi connectivity index (χ1v) is 5.61. The van der Waals surface area contributed by atoms with E-state index >= 15 is 0 Å². The Labute approximate surface area is 97.6 Å². The minimum Gasteiger partial charge on any atom is -0.390 e. The zero-order chi connectivity index (χ0) is 11.5. The van der Waals surface area contributed by atoms with Gasteiger partial charge in [0.05, 0.1) is 24.2 Å². The topological polar surface area (TPSA) is 63.8 Å². The predicted molar refractivity (Wildman–Crippen MR) is 60.0 cm³/mol. The van der Waals surface area contributed by atoms with Gasteiger partial charge in [0.1, 0.15) is 5.03 Å². The second-order valence-corrected chi connectivity index (χ2v) is 4.25. The van der Waals surface area contributed by atoms with Gasteiger partial charge in [0, 0.05) is 19.4 Å². The van der Waals surface area contributed by atoms with Crippen LogP contribution in [0.25, 0.3) is 0 Å². The van der Waals surface area contributed by atoms with Crippen molar-refractivity contribution >= 4 is 11.8 Å². The van der Waals surface area contributed by atoms with Crippen molar-refractivity contribution in [2.24, 2.45) is 7.05 Å². The van der Waals surface area contributed by atoms with E-state index in [4.69, 9.17) is 5.11 Å². The first-order chi connectivity index (χ1) is 7.72. The molecule has 0 amide bonds. The van der Waals surface area contributed by atoms with E-state index in [1.165, 1.54) is 11.8 Å². The molecule has 0 radical (unpaired) electrons. The van der Waals surface area contributed by atoms with Gasteiger partial charge in [0.25, 0.3) is 0 Å². The molecule has 84 valence electrons. The van der Waals surface area contributed by atoms with Crippen LogP contribution in [0.3, 0.4) is 0 Å². The van der Waals surface area contributed by atoms with Crippen molar-refractivity contribution in [3.8, 4) is 0 Å². The quantitative estimate of drug-likeness (QED) is 0.866. The molecule has 0 aliphatic rings. The lowest BCUT2D eigenvalue weighted by molar-refractivity contribution is 0.271. The van der Waals surface area contributed by atoms with E-state index in [1.807, 2.05) is 18.5 Å². The first kappa shape index (κ1) is 11.1. The summed E-state index contributed by atoms with van der Waals surface area (Å²) in [6.45, 7) is 1.90. The average molecular weight is 236 g/mol. The zero-order valence-electron chi connectivity index (χ0n) is 9.08. The summed E-state index contributed by atoms with van der Waals surface area (Å²) in [5.74, 6) is 0. The SMILES string of the molecule is Cc1nccnc1Sc1ncc(CO)n1C. The number of hydrogen-bond acceptors (Lipinski definition) is 5. The van der Waals surface area contributed by atoms with Crippen molar-refractivity contribution in [3.05, 3.63) is 30.0 Å². The normalized spacial score (nSPS) is 10.7. The molecule has 6 heteroatoms. The third kappa shape index (κ3) is 2.07. The van der Waals surface area contributed by atoms with Gasteiger partial charge in [-0.3, -0.25) is 4.98 Å². The summed E-state index contributed by atoms with van der Waals surface area (Å²) in [4.78, 5) is 12.6. The molecule has 2 aromatic rings. The Bertz CT molecular complexity index is 497. The molecule has 0 bridgehead atoms. The molecule has 0 aliphatic heterocycles. The maximum atomic E-state index is 9.05. The monoisotopic (exact) mass is 236 g/mol. The van der Waals surface area contributed by atoms with Crippen LogP contribution in [0.2, 0.25) is 0 Å². The van der Waals surface area contributed by atoms with Crippen LogP contribution in [0.15, 0.2) is 28.8 Å². The molecule has 2 rings (SSSR count). The Morgan fingerprint density at radius 2 is 2.06 bits per heavy atom. The second-order valence-electron chi connectivity index (χ2n) is 3.30. The third-order valence-corrected chi connectivity index (χ3v) is 3.38. The van der Waals surface area contributed by atoms with Crippen molar-refractivity contribution in [3.63, 3.8) is 0 Å². The van der Waals surface area contributed by atoms with Gasteiger partial charge in [-0.25, -0.2) is 9.97 Å². The van der Waals surface area contributed by atoms with Crippen LogP contribution in [0.1, 0.15) is 11.4 Å². The maximum Gasteiger partial charge on any atom is 0.174 e. The van der Waals surface area contributed by atoms with Gasteiger partial charge in [-0.15, -0.1) is 0 Å². The van der Waals surface area contributed by atoms with E-state index in [1.54, 1.807) is 18.6 Å². The van der Waals surface area contributed by atoms with Crippen LogP contribution in [0, 0.1) is 6.92 Å². The van der Waals surface area contributed by atoms with E-state index in [2.05, 4.69) is 15.0 Å². The van der Waals surface area contributed by atoms with Gasteiger partial charge >= 0.3 is 0 Å². The number of aliphatic hydroxyl groups is 1. The highest BCUT2D eigenvalue weighted by atomic mass is 32.2. The molecule has 0 aliphatic carbocycles. The summed E-state index contributed by atoms with van der Waals surface area (Å²) in [7, 11) is 1.87. The number of aromatic nitrogens is 4. The molecule has 0 spiro atoms. The number of aliphatic hydroxyl groups excluding tert-OH is 1. The molecule has 2 aromatic heterocycles. The molecule has 5 nitrogen and oxygen atoms in total. The summed E-state index contributed by atoms with van der Waals surface area (Å²) in [6.07, 6.45) is 4.98. The number of rotatable bonds is 3. The van der Waals surface area contributed by atoms with Crippen LogP contribution < -0.4 is 0 Å². The molecular weight excluding hydrogens is 224 g/mol. The molecule has 0 aromatic carbocycles. The van der Waals surface area contributed by atoms with Crippen LogP contribution in [0.5, 0.6) is 0 Å². The van der Waals surface area contributed by atoms with Crippen LogP contribution in [0.4, 0.5) is 0 Å². The van der Waals surface area contributed by atoms with E-state index in [0.717, 1.165) is 21.6 Å². The molecule has 0 unspecified atom stereocenters. The summed E-state index contributed by atoms with van der Waals surface area (Å²) in [5.41, 5.74) is 1.66. The van der Waals surface area contributed by atoms with Crippen molar-refractivity contribution in [2.75, 3.05) is 0 Å². The predicted octanol–water partition coefficient (Wildman–Crippen LogP) is 1.16. The van der Waals surface area contributed by atoms with Gasteiger partial charge in [-0.05, 0) is 18.7 Å². The molecular formula is C10H12N4OS. The Hall–Kier alpha value is -1.40. The van der Waals surface area contributed by atoms with E-state index in [0.29, 0.717) is 0 Å². The lowest BCUT2D eigenvalue weighted by atomic mass is 10.5. The number of nitrogens with zero attached hydrogens (tertiary/aromatic N) is 4. The largest absolute Gasteiger partial charge is 0.390 e. The van der Waals surface area contributed by atoms with Gasteiger partial charge in [0.15, 0.2) is 5.16 Å². The molecule has 16 heavy (non-hydrogen) atoms. The lowest BCUT2D eigenvalue weighted by Gasteiger charge is -2.04. The molecule has 0 saturated carbocycles. The number of imidazole rings is 1. The number of hydrogen-bond donors (Lipinski definition) is 1. The van der Waals surface area contributed by atoms with Gasteiger partial charge in [-0.1, -0.05) is 0 Å². The average Bonchev–Trinajstić information content (AvgIpc) is 2.63. The van der Waals surface area contributed by atoms with E-state index in [9.17, 15) is 0 Å². The highest BCUT2D eigenvalue weighted by molar-refractivity contribution is 7.99. The lowest BCUT2D eigenvalue weighted by Crippen LogP contribution is -1.98. The summed E-state index contributed by atoms with van der Waals surface area (Å²) in [6, 6.07) is 0. The Morgan fingerprint density at radius 3 is 2.69 bits per heavy atom. The summed E-state index contributed by atoms with van der Waals surface area (Å²) >= 11 is 1.44. The van der Waals surface area contributed by atoms with Gasteiger partial charge < -0.3 is 9.67 Å². The molecule has 0 saturated heterocycles. The van der Waals surface area contributed by atoms with Crippen LogP contribution in [-0.4, -0.2) is 24.6 Å². The smallest absolute Gasteiger partial charge is 0.174 e. The molecule has 0 fully saturated rings. The molecule has 1 N–H and O–H groups in total. The van der Waals surface area contributed by atoms with E-state index < -0.39 is 0 Å².